The number of aliphatic hydroxyl groups excluding tert-OH is 1. The van der Waals surface area contributed by atoms with Gasteiger partial charge in [0.05, 0.1) is 52.5 Å². The lowest BCUT2D eigenvalue weighted by molar-refractivity contribution is -0.185. The van der Waals surface area contributed by atoms with Crippen LogP contribution < -0.4 is 28.4 Å². The Morgan fingerprint density at radius 1 is 0.902 bits per heavy atom. The molecule has 3 aromatic rings. The van der Waals surface area contributed by atoms with Crippen molar-refractivity contribution < 1.29 is 65.9 Å². The summed E-state index contributed by atoms with van der Waals surface area (Å²) in [4.78, 5) is 15.8. The maximum absolute atomic E-state index is 13.5. The van der Waals surface area contributed by atoms with Gasteiger partial charge in [0.25, 0.3) is 15.9 Å². The number of morpholine rings is 1. The van der Waals surface area contributed by atoms with E-state index in [0.29, 0.717) is 76.6 Å². The molecular weight excluding hydrogens is 690 g/mol. The third kappa shape index (κ3) is 9.02. The molecule has 1 atom stereocenters. The summed E-state index contributed by atoms with van der Waals surface area (Å²) in [7, 11) is 0.733. The van der Waals surface area contributed by atoms with Gasteiger partial charge in [-0.05, 0) is 59.7 Å². The summed E-state index contributed by atoms with van der Waals surface area (Å²) in [6.45, 7) is 3.79. The lowest BCUT2D eigenvalue weighted by Gasteiger charge is -2.27. The van der Waals surface area contributed by atoms with Gasteiger partial charge in [0.15, 0.2) is 23.0 Å². The number of benzene rings is 3. The quantitative estimate of drug-likeness (QED) is 0.172. The predicted octanol–water partition coefficient (Wildman–Crippen LogP) is 2.42. The van der Waals surface area contributed by atoms with Gasteiger partial charge < -0.3 is 48.1 Å². The summed E-state index contributed by atoms with van der Waals surface area (Å²) in [6, 6.07) is 15.6. The zero-order valence-corrected chi connectivity index (χ0v) is 29.3. The number of hydrogen-bond donors (Lipinski definition) is 3. The van der Waals surface area contributed by atoms with Gasteiger partial charge in [0, 0.05) is 37.2 Å². The minimum atomic E-state index is -3.92. The van der Waals surface area contributed by atoms with Gasteiger partial charge >= 0.3 is 5.97 Å². The average Bonchev–Trinajstić information content (AvgIpc) is 3.69. The molecule has 276 valence electrons. The fourth-order valence-corrected chi connectivity index (χ4v) is 5.99. The largest absolute Gasteiger partial charge is 0.497 e. The monoisotopic (exact) mass is 731 g/mol. The van der Waals surface area contributed by atoms with E-state index in [1.165, 1.54) is 0 Å². The van der Waals surface area contributed by atoms with E-state index in [1.807, 2.05) is 6.07 Å². The molecule has 0 aromatic heterocycles. The van der Waals surface area contributed by atoms with Crippen LogP contribution >= 0.6 is 0 Å². The molecule has 0 bridgehead atoms. The van der Waals surface area contributed by atoms with Crippen molar-refractivity contribution in [3.63, 3.8) is 0 Å². The SMILES string of the molecule is COc1ccc(C2(O)OC(=O)C(c3ccc4c(c3)OCO4)=C2Cc2cc(OC)c(OC)c(OCCN3CCOCC3)c2)cc1.O=S(=O)(O)CCO. The normalized spacial score (nSPS) is 18.5. The average molecular weight is 732 g/mol. The van der Waals surface area contributed by atoms with Crippen molar-refractivity contribution in [2.24, 2.45) is 0 Å². The molecule has 3 aromatic carbocycles. The fraction of sp³-hybridized carbons (Fsp3) is 0.400. The van der Waals surface area contributed by atoms with Crippen LogP contribution in [0.5, 0.6) is 34.5 Å². The van der Waals surface area contributed by atoms with Crippen LogP contribution in [0, 0.1) is 0 Å². The van der Waals surface area contributed by atoms with Crippen molar-refractivity contribution >= 4 is 21.7 Å². The van der Waals surface area contributed by atoms with Gasteiger partial charge in [-0.1, -0.05) is 6.07 Å². The van der Waals surface area contributed by atoms with Crippen LogP contribution in [0.25, 0.3) is 5.57 Å². The Labute approximate surface area is 295 Å². The number of ether oxygens (including phenoxy) is 8. The number of fused-ring (bicyclic) bond motifs is 1. The van der Waals surface area contributed by atoms with Gasteiger partial charge in [-0.25, -0.2) is 4.79 Å². The van der Waals surface area contributed by atoms with Crippen LogP contribution in [0.1, 0.15) is 16.7 Å². The molecule has 0 saturated carbocycles. The third-order valence-electron chi connectivity index (χ3n) is 8.30. The zero-order chi connectivity index (χ0) is 36.6. The number of cyclic esters (lactones) is 1. The molecule has 0 aliphatic carbocycles. The van der Waals surface area contributed by atoms with Gasteiger partial charge in [-0.2, -0.15) is 8.42 Å². The second kappa shape index (κ2) is 16.6. The van der Waals surface area contributed by atoms with Crippen LogP contribution in [0.15, 0.2) is 60.2 Å². The lowest BCUT2D eigenvalue weighted by Crippen LogP contribution is -2.38. The van der Waals surface area contributed by atoms with E-state index in [0.717, 1.165) is 19.6 Å². The Morgan fingerprint density at radius 3 is 2.24 bits per heavy atom. The molecular formula is C35H41NO14S. The van der Waals surface area contributed by atoms with Crippen LogP contribution in [0.4, 0.5) is 0 Å². The molecule has 3 aliphatic heterocycles. The Bertz CT molecular complexity index is 1820. The van der Waals surface area contributed by atoms with Crippen molar-refractivity contribution in [3.8, 4) is 34.5 Å². The number of methoxy groups -OCH3 is 3. The van der Waals surface area contributed by atoms with Gasteiger partial charge in [0.2, 0.25) is 12.5 Å². The zero-order valence-electron chi connectivity index (χ0n) is 28.5. The molecule has 3 heterocycles. The molecule has 0 spiro atoms. The second-order valence-electron chi connectivity index (χ2n) is 11.5. The molecule has 1 saturated heterocycles. The number of carbonyl (C=O) groups excluding carboxylic acids is 1. The highest BCUT2D eigenvalue weighted by atomic mass is 32.2. The Morgan fingerprint density at radius 2 is 1.61 bits per heavy atom. The van der Waals surface area contributed by atoms with Gasteiger partial charge in [-0.3, -0.25) is 9.45 Å². The number of hydrogen-bond acceptors (Lipinski definition) is 14. The molecule has 51 heavy (non-hydrogen) atoms. The van der Waals surface area contributed by atoms with E-state index < -0.39 is 34.2 Å². The summed E-state index contributed by atoms with van der Waals surface area (Å²) >= 11 is 0. The predicted molar refractivity (Wildman–Crippen MR) is 182 cm³/mol. The summed E-state index contributed by atoms with van der Waals surface area (Å²) in [5.41, 5.74) is 2.19. The topological polar surface area (TPSA) is 189 Å². The Hall–Kier alpha value is -4.58. The summed E-state index contributed by atoms with van der Waals surface area (Å²) in [6.07, 6.45) is 0.123. The third-order valence-corrected chi connectivity index (χ3v) is 9.00. The lowest BCUT2D eigenvalue weighted by atomic mass is 9.88. The first-order valence-electron chi connectivity index (χ1n) is 16.0. The van der Waals surface area contributed by atoms with E-state index in [2.05, 4.69) is 4.90 Å². The summed E-state index contributed by atoms with van der Waals surface area (Å²) in [5, 5.41) is 20.0. The number of nitrogens with zero attached hydrogens (tertiary/aromatic N) is 1. The van der Waals surface area contributed by atoms with E-state index in [4.69, 9.17) is 47.6 Å². The van der Waals surface area contributed by atoms with E-state index in [9.17, 15) is 18.3 Å². The van der Waals surface area contributed by atoms with Gasteiger partial charge in [0.1, 0.15) is 12.4 Å². The van der Waals surface area contributed by atoms with Crippen LogP contribution in [0.3, 0.4) is 0 Å². The highest BCUT2D eigenvalue weighted by Crippen LogP contribution is 2.48. The first-order valence-corrected chi connectivity index (χ1v) is 17.6. The fourth-order valence-electron chi connectivity index (χ4n) is 5.76. The molecule has 3 N–H and O–H groups in total. The smallest absolute Gasteiger partial charge is 0.342 e. The molecule has 0 amide bonds. The van der Waals surface area contributed by atoms with Gasteiger partial charge in [-0.15, -0.1) is 0 Å². The molecule has 3 aliphatic rings. The van der Waals surface area contributed by atoms with Crippen molar-refractivity contribution in [2.75, 3.05) is 79.9 Å². The molecule has 0 radical (unpaired) electrons. The summed E-state index contributed by atoms with van der Waals surface area (Å²) < 4.78 is 72.2. The number of esters is 1. The minimum Gasteiger partial charge on any atom is -0.497 e. The molecule has 6 rings (SSSR count). The van der Waals surface area contributed by atoms with E-state index >= 15 is 0 Å². The highest BCUT2D eigenvalue weighted by Gasteiger charge is 2.48. The van der Waals surface area contributed by atoms with Crippen LogP contribution in [0.2, 0.25) is 0 Å². The van der Waals surface area contributed by atoms with E-state index in [1.54, 1.807) is 69.9 Å². The first-order chi connectivity index (χ1) is 24.5. The maximum atomic E-state index is 13.5. The van der Waals surface area contributed by atoms with Crippen LogP contribution in [-0.2, 0) is 36.6 Å². The first kappa shape index (κ1) is 37.7. The molecule has 16 heteroatoms. The Kier molecular flexibility index (Phi) is 12.3. The standard InChI is InChI=1S/C33H35NO10.C2H6O4S/c1-37-24-7-5-23(6-8-24)33(36)25(30(32(35)44-33)22-4-9-26-27(19-22)43-20-42-26)16-21-17-28(38-2)31(39-3)29(18-21)41-15-12-34-10-13-40-14-11-34;3-1-2-7(4,5)6/h4-9,17-19,36H,10-16,20H2,1-3H3;3H,1-2H2,(H,4,5,6). The maximum Gasteiger partial charge on any atom is 0.342 e. The number of aliphatic hydroxyl groups is 2. The van der Waals surface area contributed by atoms with Crippen molar-refractivity contribution in [1.82, 2.24) is 4.90 Å². The molecule has 15 nitrogen and oxygen atoms in total. The van der Waals surface area contributed by atoms with Crippen LogP contribution in [-0.4, -0.2) is 114 Å². The van der Waals surface area contributed by atoms with Crippen molar-refractivity contribution in [2.45, 2.75) is 12.2 Å². The highest BCUT2D eigenvalue weighted by molar-refractivity contribution is 7.85. The van der Waals surface area contributed by atoms with Crippen molar-refractivity contribution in [1.29, 1.82) is 0 Å². The second-order valence-corrected chi connectivity index (χ2v) is 13.1. The molecule has 1 fully saturated rings. The minimum absolute atomic E-state index is 0.0882. The van der Waals surface area contributed by atoms with Crippen molar-refractivity contribution in [3.05, 3.63) is 76.9 Å². The van der Waals surface area contributed by atoms with E-state index in [-0.39, 0.29) is 18.8 Å². The molecule has 1 unspecified atom stereocenters. The number of rotatable bonds is 13. The number of carbonyl (C=O) groups is 1. The summed E-state index contributed by atoms with van der Waals surface area (Å²) in [5.74, 6) is -0.232. The Balaban J connectivity index is 0.000000654.